The van der Waals surface area contributed by atoms with Crippen molar-refractivity contribution < 1.29 is 9.16 Å². The van der Waals surface area contributed by atoms with Gasteiger partial charge >= 0.3 is 0 Å². The zero-order chi connectivity index (χ0) is 22.7. The zero-order valence-electron chi connectivity index (χ0n) is 20.2. The summed E-state index contributed by atoms with van der Waals surface area (Å²) >= 11 is 1.56. The lowest BCUT2D eigenvalue weighted by Gasteiger charge is -2.37. The second kappa shape index (κ2) is 13.4. The van der Waals surface area contributed by atoms with Crippen LogP contribution in [0.5, 0.6) is 0 Å². The van der Waals surface area contributed by atoms with Gasteiger partial charge in [-0.2, -0.15) is 0 Å². The SMILES string of the molecule is CCCCCCCCCOC(c1nnc(-c2ccccn2)s1)C(O[Si](C)C)C(C)(C)C. The van der Waals surface area contributed by atoms with E-state index in [0.29, 0.717) is 0 Å². The van der Waals surface area contributed by atoms with Crippen molar-refractivity contribution in [3.63, 3.8) is 0 Å². The van der Waals surface area contributed by atoms with E-state index in [1.54, 1.807) is 17.5 Å². The Kier molecular flexibility index (Phi) is 11.3. The maximum absolute atomic E-state index is 6.47. The summed E-state index contributed by atoms with van der Waals surface area (Å²) in [6.07, 6.45) is 10.4. The molecule has 0 aliphatic carbocycles. The van der Waals surface area contributed by atoms with Crippen molar-refractivity contribution in [1.82, 2.24) is 15.2 Å². The van der Waals surface area contributed by atoms with Crippen LogP contribution in [0, 0.1) is 5.41 Å². The van der Waals surface area contributed by atoms with Crippen molar-refractivity contribution in [1.29, 1.82) is 0 Å². The van der Waals surface area contributed by atoms with E-state index >= 15 is 0 Å². The predicted molar refractivity (Wildman–Crippen MR) is 132 cm³/mol. The van der Waals surface area contributed by atoms with Gasteiger partial charge in [-0.3, -0.25) is 4.98 Å². The lowest BCUT2D eigenvalue weighted by atomic mass is 9.86. The van der Waals surface area contributed by atoms with Crippen LogP contribution in [-0.4, -0.2) is 36.9 Å². The molecule has 0 aliphatic rings. The molecule has 0 N–H and O–H groups in total. The van der Waals surface area contributed by atoms with Gasteiger partial charge in [0.2, 0.25) is 9.04 Å². The fourth-order valence-corrected chi connectivity index (χ4v) is 5.33. The molecule has 0 bridgehead atoms. The van der Waals surface area contributed by atoms with Crippen LogP contribution in [0.1, 0.15) is 83.8 Å². The first kappa shape index (κ1) is 26.1. The number of hydrogen-bond donors (Lipinski definition) is 0. The maximum Gasteiger partial charge on any atom is 0.205 e. The highest BCUT2D eigenvalue weighted by Crippen LogP contribution is 2.38. The molecule has 31 heavy (non-hydrogen) atoms. The maximum atomic E-state index is 6.47. The fraction of sp³-hybridized carbons (Fsp3) is 0.708. The second-order valence-electron chi connectivity index (χ2n) is 9.39. The molecule has 0 aromatic carbocycles. The molecule has 0 amide bonds. The first-order valence-corrected chi connectivity index (χ1v) is 14.9. The van der Waals surface area contributed by atoms with Crippen LogP contribution in [0.4, 0.5) is 0 Å². The Morgan fingerprint density at radius 3 is 2.32 bits per heavy atom. The number of ether oxygens (including phenoxy) is 1. The fourth-order valence-electron chi connectivity index (χ4n) is 3.45. The Labute approximate surface area is 194 Å². The minimum Gasteiger partial charge on any atom is -0.411 e. The molecular weight excluding hydrogens is 422 g/mol. The van der Waals surface area contributed by atoms with Crippen molar-refractivity contribution in [3.8, 4) is 10.7 Å². The lowest BCUT2D eigenvalue weighted by Crippen LogP contribution is -2.39. The molecule has 173 valence electrons. The third-order valence-corrected chi connectivity index (χ3v) is 6.84. The molecule has 7 heteroatoms. The molecule has 0 saturated heterocycles. The topological polar surface area (TPSA) is 57.1 Å². The second-order valence-corrected chi connectivity index (χ2v) is 12.4. The summed E-state index contributed by atoms with van der Waals surface area (Å²) in [4.78, 5) is 4.42. The van der Waals surface area contributed by atoms with Crippen LogP contribution in [0.15, 0.2) is 24.4 Å². The van der Waals surface area contributed by atoms with Crippen molar-refractivity contribution in [2.24, 2.45) is 5.41 Å². The van der Waals surface area contributed by atoms with Gasteiger partial charge in [-0.05, 0) is 37.1 Å². The van der Waals surface area contributed by atoms with E-state index in [-0.39, 0.29) is 17.6 Å². The molecule has 2 unspecified atom stereocenters. The Morgan fingerprint density at radius 2 is 1.71 bits per heavy atom. The third kappa shape index (κ3) is 9.08. The number of rotatable bonds is 14. The lowest BCUT2D eigenvalue weighted by molar-refractivity contribution is -0.0735. The number of hydrogen-bond acceptors (Lipinski definition) is 6. The van der Waals surface area contributed by atoms with E-state index in [0.717, 1.165) is 28.7 Å². The smallest absolute Gasteiger partial charge is 0.205 e. The van der Waals surface area contributed by atoms with Crippen molar-refractivity contribution in [3.05, 3.63) is 29.4 Å². The molecule has 5 nitrogen and oxygen atoms in total. The minimum absolute atomic E-state index is 0.0644. The number of aromatic nitrogens is 3. The van der Waals surface area contributed by atoms with E-state index in [9.17, 15) is 0 Å². The van der Waals surface area contributed by atoms with E-state index in [1.165, 1.54) is 38.5 Å². The standard InChI is InChI=1S/C24H40N3O2SSi/c1-7-8-9-10-11-12-15-18-28-20(21(24(2,3)4)29-31(5)6)23-27-26-22(30-23)19-16-13-14-17-25-19/h13-14,16-17,20-21H,7-12,15,18H2,1-6H3. The van der Waals surface area contributed by atoms with E-state index in [1.807, 2.05) is 18.2 Å². The molecule has 2 atom stereocenters. The molecule has 2 rings (SSSR count). The van der Waals surface area contributed by atoms with Crippen LogP contribution >= 0.6 is 11.3 Å². The van der Waals surface area contributed by atoms with Crippen molar-refractivity contribution in [2.45, 2.75) is 97.9 Å². The zero-order valence-corrected chi connectivity index (χ0v) is 22.0. The molecular formula is C24H40N3O2SSi. The number of nitrogens with zero attached hydrogens (tertiary/aromatic N) is 3. The van der Waals surface area contributed by atoms with E-state index in [2.05, 4.69) is 56.0 Å². The van der Waals surface area contributed by atoms with Gasteiger partial charge in [-0.15, -0.1) is 10.2 Å². The molecule has 0 fully saturated rings. The molecule has 0 spiro atoms. The van der Waals surface area contributed by atoms with Crippen molar-refractivity contribution in [2.75, 3.05) is 6.61 Å². The van der Waals surface area contributed by atoms with E-state index < -0.39 is 9.04 Å². The normalized spacial score (nSPS) is 14.2. The van der Waals surface area contributed by atoms with Gasteiger partial charge in [-0.1, -0.05) is 83.6 Å². The largest absolute Gasteiger partial charge is 0.411 e. The van der Waals surface area contributed by atoms with Gasteiger partial charge in [0.25, 0.3) is 0 Å². The quantitative estimate of drug-likeness (QED) is 0.221. The summed E-state index contributed by atoms with van der Waals surface area (Å²) < 4.78 is 12.9. The minimum atomic E-state index is -0.895. The Bertz CT molecular complexity index is 734. The summed E-state index contributed by atoms with van der Waals surface area (Å²) in [5.41, 5.74) is 0.782. The molecule has 1 radical (unpaired) electrons. The van der Waals surface area contributed by atoms with Gasteiger partial charge in [0.15, 0.2) is 5.01 Å². The Hall–Kier alpha value is -1.15. The summed E-state index contributed by atoms with van der Waals surface area (Å²) in [6, 6.07) is 5.85. The number of pyridine rings is 1. The molecule has 2 aromatic heterocycles. The Morgan fingerprint density at radius 1 is 1.00 bits per heavy atom. The van der Waals surface area contributed by atoms with Crippen LogP contribution in [-0.2, 0) is 9.16 Å². The highest BCUT2D eigenvalue weighted by atomic mass is 32.1. The molecule has 0 saturated carbocycles. The molecule has 0 aliphatic heterocycles. The highest BCUT2D eigenvalue weighted by Gasteiger charge is 2.37. The third-order valence-electron chi connectivity index (χ3n) is 5.10. The average molecular weight is 463 g/mol. The van der Waals surface area contributed by atoms with E-state index in [4.69, 9.17) is 9.16 Å². The summed E-state index contributed by atoms with van der Waals surface area (Å²) in [7, 11) is -0.895. The van der Waals surface area contributed by atoms with Gasteiger partial charge < -0.3 is 9.16 Å². The predicted octanol–water partition coefficient (Wildman–Crippen LogP) is 7.09. The van der Waals surface area contributed by atoms with Gasteiger partial charge in [0, 0.05) is 12.8 Å². The van der Waals surface area contributed by atoms with Gasteiger partial charge in [0.05, 0.1) is 6.10 Å². The molecule has 2 aromatic rings. The monoisotopic (exact) mass is 462 g/mol. The first-order chi connectivity index (χ1) is 14.8. The number of unbranched alkanes of at least 4 members (excludes halogenated alkanes) is 6. The summed E-state index contributed by atoms with van der Waals surface area (Å²) in [5.74, 6) is 0. The summed E-state index contributed by atoms with van der Waals surface area (Å²) in [6.45, 7) is 14.0. The van der Waals surface area contributed by atoms with Crippen LogP contribution in [0.25, 0.3) is 10.7 Å². The molecule has 2 heterocycles. The van der Waals surface area contributed by atoms with Crippen molar-refractivity contribution >= 4 is 20.4 Å². The van der Waals surface area contributed by atoms with Gasteiger partial charge in [0.1, 0.15) is 16.8 Å². The highest BCUT2D eigenvalue weighted by molar-refractivity contribution is 7.14. The first-order valence-electron chi connectivity index (χ1n) is 11.7. The van der Waals surface area contributed by atoms with Crippen LogP contribution in [0.3, 0.4) is 0 Å². The average Bonchev–Trinajstić information content (AvgIpc) is 3.21. The van der Waals surface area contributed by atoms with Crippen LogP contribution in [0.2, 0.25) is 13.1 Å². The Balaban J connectivity index is 2.10. The van der Waals surface area contributed by atoms with Gasteiger partial charge in [-0.25, -0.2) is 0 Å². The van der Waals surface area contributed by atoms with Crippen LogP contribution < -0.4 is 0 Å². The summed E-state index contributed by atoms with van der Waals surface area (Å²) in [5, 5.41) is 10.6.